The molecular weight excluding hydrogens is 333 g/mol. The summed E-state index contributed by atoms with van der Waals surface area (Å²) in [6, 6.07) is 6.74. The summed E-state index contributed by atoms with van der Waals surface area (Å²) in [5, 5.41) is 0. The number of benzene rings is 1. The molecule has 0 amide bonds. The Bertz CT molecular complexity index is 416. The summed E-state index contributed by atoms with van der Waals surface area (Å²) in [6.07, 6.45) is 3.91. The largest absolute Gasteiger partial charge is 0.324 e. The normalized spacial score (nSPS) is 30.2. The molecule has 18 heavy (non-hydrogen) atoms. The van der Waals surface area contributed by atoms with Crippen molar-refractivity contribution in [2.75, 3.05) is 0 Å². The summed E-state index contributed by atoms with van der Waals surface area (Å²) in [4.78, 5) is 0. The van der Waals surface area contributed by atoms with Crippen molar-refractivity contribution in [3.8, 4) is 0 Å². The van der Waals surface area contributed by atoms with Crippen LogP contribution < -0.4 is 5.73 Å². The van der Waals surface area contributed by atoms with Crippen molar-refractivity contribution in [3.63, 3.8) is 0 Å². The fraction of sp³-hybridized carbons (Fsp3) is 0.625. The average Bonchev–Trinajstić information content (AvgIpc) is 2.35. The third kappa shape index (κ3) is 2.90. The topological polar surface area (TPSA) is 26.0 Å². The van der Waals surface area contributed by atoms with E-state index >= 15 is 0 Å². The van der Waals surface area contributed by atoms with E-state index in [-0.39, 0.29) is 6.04 Å². The van der Waals surface area contributed by atoms with Gasteiger partial charge in [-0.2, -0.15) is 0 Å². The van der Waals surface area contributed by atoms with Gasteiger partial charge in [0.1, 0.15) is 0 Å². The predicted molar refractivity (Wildman–Crippen MR) is 86.5 cm³/mol. The molecule has 4 unspecified atom stereocenters. The maximum Gasteiger partial charge on any atom is 0.0334 e. The Morgan fingerprint density at radius 1 is 1.22 bits per heavy atom. The van der Waals surface area contributed by atoms with Gasteiger partial charge in [-0.25, -0.2) is 0 Å². The molecule has 1 aliphatic rings. The van der Waals surface area contributed by atoms with E-state index < -0.39 is 0 Å². The third-order valence-corrected chi connectivity index (χ3v) is 6.20. The highest BCUT2D eigenvalue weighted by Crippen LogP contribution is 2.39. The molecule has 0 aromatic heterocycles. The summed E-state index contributed by atoms with van der Waals surface area (Å²) in [5.41, 5.74) is 9.24. The van der Waals surface area contributed by atoms with Gasteiger partial charge in [-0.3, -0.25) is 0 Å². The molecule has 1 aliphatic carbocycles. The lowest BCUT2D eigenvalue weighted by Crippen LogP contribution is -2.30. The standard InChI is InChI=1S/C16H24IN/c1-10-7-8-13(9-12(10)3)16(18)14-6-4-5-11(2)15(14)17/h4-6,10,12-13,16H,7-9,18H2,1-3H3. The first-order chi connectivity index (χ1) is 8.50. The lowest BCUT2D eigenvalue weighted by molar-refractivity contribution is 0.186. The van der Waals surface area contributed by atoms with Crippen LogP contribution in [-0.4, -0.2) is 0 Å². The molecule has 100 valence electrons. The lowest BCUT2D eigenvalue weighted by atomic mass is 9.72. The van der Waals surface area contributed by atoms with Crippen LogP contribution in [0.1, 0.15) is 50.3 Å². The molecule has 4 atom stereocenters. The van der Waals surface area contributed by atoms with Crippen molar-refractivity contribution in [1.29, 1.82) is 0 Å². The summed E-state index contributed by atoms with van der Waals surface area (Å²) < 4.78 is 1.36. The SMILES string of the molecule is Cc1cccc(C(N)C2CCC(C)C(C)C2)c1I. The van der Waals surface area contributed by atoms with Crippen molar-refractivity contribution in [2.24, 2.45) is 23.5 Å². The van der Waals surface area contributed by atoms with Crippen molar-refractivity contribution in [2.45, 2.75) is 46.1 Å². The lowest BCUT2D eigenvalue weighted by Gasteiger charge is -2.35. The molecule has 2 rings (SSSR count). The fourth-order valence-corrected chi connectivity index (χ4v) is 3.82. The van der Waals surface area contributed by atoms with Gasteiger partial charge in [0, 0.05) is 9.61 Å². The second-order valence-corrected chi connectivity index (χ2v) is 7.11. The highest BCUT2D eigenvalue weighted by Gasteiger charge is 2.29. The van der Waals surface area contributed by atoms with Crippen LogP contribution in [0.3, 0.4) is 0 Å². The fourth-order valence-electron chi connectivity index (χ4n) is 3.10. The zero-order chi connectivity index (χ0) is 13.3. The summed E-state index contributed by atoms with van der Waals surface area (Å²) in [5.74, 6) is 2.34. The van der Waals surface area contributed by atoms with E-state index in [1.165, 1.54) is 34.0 Å². The van der Waals surface area contributed by atoms with Gasteiger partial charge >= 0.3 is 0 Å². The second kappa shape index (κ2) is 5.91. The molecule has 0 saturated heterocycles. The minimum absolute atomic E-state index is 0.215. The Balaban J connectivity index is 2.16. The van der Waals surface area contributed by atoms with E-state index in [1.807, 2.05) is 0 Å². The van der Waals surface area contributed by atoms with E-state index in [0.29, 0.717) is 5.92 Å². The van der Waals surface area contributed by atoms with E-state index in [0.717, 1.165) is 11.8 Å². The monoisotopic (exact) mass is 357 g/mol. The maximum atomic E-state index is 6.54. The van der Waals surface area contributed by atoms with Crippen LogP contribution in [0.4, 0.5) is 0 Å². The Kier molecular flexibility index (Phi) is 4.70. The molecule has 0 heterocycles. The quantitative estimate of drug-likeness (QED) is 0.765. The van der Waals surface area contributed by atoms with Crippen LogP contribution in [-0.2, 0) is 0 Å². The van der Waals surface area contributed by atoms with E-state index in [9.17, 15) is 0 Å². The summed E-state index contributed by atoms with van der Waals surface area (Å²) in [7, 11) is 0. The minimum Gasteiger partial charge on any atom is -0.324 e. The van der Waals surface area contributed by atoms with E-state index in [1.54, 1.807) is 0 Å². The molecule has 0 spiro atoms. The van der Waals surface area contributed by atoms with Gasteiger partial charge in [0.2, 0.25) is 0 Å². The number of nitrogens with two attached hydrogens (primary N) is 1. The molecule has 0 aliphatic heterocycles. The van der Waals surface area contributed by atoms with E-state index in [4.69, 9.17) is 5.73 Å². The van der Waals surface area contributed by atoms with Gasteiger partial charge in [0.05, 0.1) is 0 Å². The molecule has 1 fully saturated rings. The zero-order valence-corrected chi connectivity index (χ0v) is 13.8. The van der Waals surface area contributed by atoms with Crippen LogP contribution in [0, 0.1) is 28.2 Å². The van der Waals surface area contributed by atoms with Crippen LogP contribution in [0.2, 0.25) is 0 Å². The highest BCUT2D eigenvalue weighted by molar-refractivity contribution is 14.1. The Hall–Kier alpha value is -0.0900. The molecule has 2 N–H and O–H groups in total. The molecule has 0 radical (unpaired) electrons. The van der Waals surface area contributed by atoms with Gasteiger partial charge in [-0.15, -0.1) is 0 Å². The van der Waals surface area contributed by atoms with Crippen LogP contribution in [0.5, 0.6) is 0 Å². The van der Waals surface area contributed by atoms with Crippen molar-refractivity contribution in [1.82, 2.24) is 0 Å². The first kappa shape index (κ1) is 14.3. The van der Waals surface area contributed by atoms with Gasteiger partial charge < -0.3 is 5.73 Å². The zero-order valence-electron chi connectivity index (χ0n) is 11.6. The van der Waals surface area contributed by atoms with E-state index in [2.05, 4.69) is 61.6 Å². The summed E-state index contributed by atoms with van der Waals surface area (Å²) >= 11 is 2.45. The maximum absolute atomic E-state index is 6.54. The van der Waals surface area contributed by atoms with Crippen molar-refractivity contribution >= 4 is 22.6 Å². The number of hydrogen-bond acceptors (Lipinski definition) is 1. The first-order valence-electron chi connectivity index (χ1n) is 7.01. The first-order valence-corrected chi connectivity index (χ1v) is 8.09. The Labute approximate surface area is 125 Å². The molecule has 1 aromatic carbocycles. The van der Waals surface area contributed by atoms with Gasteiger partial charge in [0.15, 0.2) is 0 Å². The van der Waals surface area contributed by atoms with Crippen LogP contribution >= 0.6 is 22.6 Å². The molecule has 0 bridgehead atoms. The highest BCUT2D eigenvalue weighted by atomic mass is 127. The van der Waals surface area contributed by atoms with Gasteiger partial charge in [-0.1, -0.05) is 38.5 Å². The number of halogens is 1. The van der Waals surface area contributed by atoms with Crippen molar-refractivity contribution < 1.29 is 0 Å². The molecule has 1 saturated carbocycles. The Morgan fingerprint density at radius 3 is 2.61 bits per heavy atom. The predicted octanol–water partition coefficient (Wildman–Crippen LogP) is 4.67. The number of aryl methyl sites for hydroxylation is 1. The molecular formula is C16H24IN. The minimum atomic E-state index is 0.215. The molecule has 2 heteroatoms. The second-order valence-electron chi connectivity index (χ2n) is 6.03. The third-order valence-electron chi connectivity index (χ3n) is 4.73. The smallest absolute Gasteiger partial charge is 0.0334 e. The summed E-state index contributed by atoms with van der Waals surface area (Å²) in [6.45, 7) is 6.93. The Morgan fingerprint density at radius 2 is 1.94 bits per heavy atom. The van der Waals surface area contributed by atoms with Crippen molar-refractivity contribution in [3.05, 3.63) is 32.9 Å². The van der Waals surface area contributed by atoms with Gasteiger partial charge in [0.25, 0.3) is 0 Å². The number of rotatable bonds is 2. The van der Waals surface area contributed by atoms with Crippen LogP contribution in [0.15, 0.2) is 18.2 Å². The van der Waals surface area contributed by atoms with Crippen LogP contribution in [0.25, 0.3) is 0 Å². The molecule has 1 aromatic rings. The molecule has 1 nitrogen and oxygen atoms in total. The number of hydrogen-bond donors (Lipinski definition) is 1. The average molecular weight is 357 g/mol. The van der Waals surface area contributed by atoms with Gasteiger partial charge in [-0.05, 0) is 71.2 Å².